The molecule has 2 aromatic heterocycles. The zero-order chi connectivity index (χ0) is 12.4. The topological polar surface area (TPSA) is 47.3 Å². The minimum absolute atomic E-state index is 0.467. The van der Waals surface area contributed by atoms with E-state index in [4.69, 9.17) is 16.3 Å². The lowest BCUT2D eigenvalue weighted by Gasteiger charge is -2.13. The van der Waals surface area contributed by atoms with Crippen LogP contribution in [-0.2, 0) is 6.54 Å². The summed E-state index contributed by atoms with van der Waals surface area (Å²) < 4.78 is 6.88. The summed E-state index contributed by atoms with van der Waals surface area (Å²) in [6, 6.07) is 1.82. The van der Waals surface area contributed by atoms with Crippen LogP contribution in [0.4, 0.5) is 0 Å². The number of thiophene rings is 1. The molecule has 0 aliphatic carbocycles. The molecule has 0 amide bonds. The number of ether oxygens (including phenoxy) is 1. The fourth-order valence-corrected chi connectivity index (χ4v) is 2.79. The van der Waals surface area contributed by atoms with Gasteiger partial charge in [-0.1, -0.05) is 11.6 Å². The van der Waals surface area contributed by atoms with E-state index in [9.17, 15) is 5.11 Å². The number of halogens is 1. The second-order valence-corrected chi connectivity index (χ2v) is 4.80. The standard InChI is InChI=1S/C11H13ClN2O2S/c1-3-14-9(7(12)6-13-14)10(15)11-8(16-2)4-5-17-11/h4-6,10,15H,3H2,1-2H3. The summed E-state index contributed by atoms with van der Waals surface area (Å²) >= 11 is 7.49. The Morgan fingerprint density at radius 1 is 1.65 bits per heavy atom. The molecule has 0 bridgehead atoms. The Bertz CT molecular complexity index is 509. The number of aromatic nitrogens is 2. The van der Waals surface area contributed by atoms with Crippen LogP contribution in [0.3, 0.4) is 0 Å². The number of aryl methyl sites for hydroxylation is 1. The molecule has 1 unspecified atom stereocenters. The Morgan fingerprint density at radius 3 is 3.06 bits per heavy atom. The lowest BCUT2D eigenvalue weighted by molar-refractivity contribution is 0.207. The van der Waals surface area contributed by atoms with Gasteiger partial charge in [0, 0.05) is 6.54 Å². The number of hydrogen-bond acceptors (Lipinski definition) is 4. The minimum Gasteiger partial charge on any atom is -0.495 e. The highest BCUT2D eigenvalue weighted by Crippen LogP contribution is 2.36. The molecule has 2 heterocycles. The van der Waals surface area contributed by atoms with Gasteiger partial charge < -0.3 is 9.84 Å². The van der Waals surface area contributed by atoms with E-state index in [0.29, 0.717) is 23.0 Å². The summed E-state index contributed by atoms with van der Waals surface area (Å²) in [6.45, 7) is 2.61. The lowest BCUT2D eigenvalue weighted by Crippen LogP contribution is -2.09. The fourth-order valence-electron chi connectivity index (χ4n) is 1.70. The van der Waals surface area contributed by atoms with Gasteiger partial charge in [-0.3, -0.25) is 4.68 Å². The summed E-state index contributed by atoms with van der Waals surface area (Å²) in [7, 11) is 1.58. The number of hydrogen-bond donors (Lipinski definition) is 1. The number of aliphatic hydroxyl groups is 1. The van der Waals surface area contributed by atoms with Crippen LogP contribution in [0.25, 0.3) is 0 Å². The first-order chi connectivity index (χ1) is 8.19. The van der Waals surface area contributed by atoms with E-state index in [2.05, 4.69) is 5.10 Å². The molecule has 0 spiro atoms. The van der Waals surface area contributed by atoms with Gasteiger partial charge in [0.25, 0.3) is 0 Å². The molecule has 0 radical (unpaired) electrons. The van der Waals surface area contributed by atoms with Gasteiger partial charge in [-0.25, -0.2) is 0 Å². The average Bonchev–Trinajstić information content (AvgIpc) is 2.93. The molecule has 17 heavy (non-hydrogen) atoms. The van der Waals surface area contributed by atoms with Crippen molar-refractivity contribution in [1.29, 1.82) is 0 Å². The van der Waals surface area contributed by atoms with Gasteiger partial charge in [0.05, 0.1) is 28.9 Å². The molecule has 0 saturated heterocycles. The summed E-state index contributed by atoms with van der Waals surface area (Å²) in [6.07, 6.45) is 0.740. The maximum absolute atomic E-state index is 10.4. The SMILES string of the molecule is CCn1ncc(Cl)c1C(O)c1sccc1OC. The van der Waals surface area contributed by atoms with Crippen molar-refractivity contribution in [3.05, 3.63) is 33.2 Å². The average molecular weight is 273 g/mol. The van der Waals surface area contributed by atoms with Crippen molar-refractivity contribution in [1.82, 2.24) is 9.78 Å². The van der Waals surface area contributed by atoms with Gasteiger partial charge in [0.15, 0.2) is 0 Å². The third-order valence-corrected chi connectivity index (χ3v) is 3.76. The Morgan fingerprint density at radius 2 is 2.41 bits per heavy atom. The van der Waals surface area contributed by atoms with Crippen LogP contribution >= 0.6 is 22.9 Å². The molecule has 92 valence electrons. The Hall–Kier alpha value is -1.04. The van der Waals surface area contributed by atoms with E-state index >= 15 is 0 Å². The molecule has 0 aliphatic heterocycles. The molecule has 1 N–H and O–H groups in total. The highest BCUT2D eigenvalue weighted by Gasteiger charge is 2.23. The summed E-state index contributed by atoms with van der Waals surface area (Å²) in [5.74, 6) is 0.669. The lowest BCUT2D eigenvalue weighted by atomic mass is 10.2. The number of methoxy groups -OCH3 is 1. The van der Waals surface area contributed by atoms with E-state index < -0.39 is 6.10 Å². The molecular weight excluding hydrogens is 260 g/mol. The van der Waals surface area contributed by atoms with E-state index in [1.54, 1.807) is 18.0 Å². The Balaban J connectivity index is 2.43. The van der Waals surface area contributed by atoms with E-state index in [-0.39, 0.29) is 0 Å². The monoisotopic (exact) mass is 272 g/mol. The van der Waals surface area contributed by atoms with Crippen LogP contribution in [0.15, 0.2) is 17.6 Å². The normalized spacial score (nSPS) is 12.7. The van der Waals surface area contributed by atoms with Gasteiger partial charge in [-0.05, 0) is 18.4 Å². The van der Waals surface area contributed by atoms with Gasteiger partial charge in [-0.2, -0.15) is 5.10 Å². The fraction of sp³-hybridized carbons (Fsp3) is 0.364. The molecule has 6 heteroatoms. The van der Waals surface area contributed by atoms with Crippen molar-refractivity contribution in [3.63, 3.8) is 0 Å². The second-order valence-electron chi connectivity index (χ2n) is 3.45. The minimum atomic E-state index is -0.806. The zero-order valence-electron chi connectivity index (χ0n) is 9.55. The third kappa shape index (κ3) is 2.18. The number of rotatable bonds is 4. The number of nitrogens with zero attached hydrogens (tertiary/aromatic N) is 2. The highest BCUT2D eigenvalue weighted by molar-refractivity contribution is 7.10. The predicted octanol–water partition coefficient (Wildman–Crippen LogP) is 2.71. The first-order valence-electron chi connectivity index (χ1n) is 5.19. The molecule has 2 rings (SSSR count). The molecule has 0 aromatic carbocycles. The van der Waals surface area contributed by atoms with Gasteiger partial charge >= 0.3 is 0 Å². The highest BCUT2D eigenvalue weighted by atomic mass is 35.5. The van der Waals surface area contributed by atoms with Gasteiger partial charge in [0.1, 0.15) is 11.9 Å². The van der Waals surface area contributed by atoms with E-state index in [1.807, 2.05) is 18.4 Å². The van der Waals surface area contributed by atoms with Crippen LogP contribution in [0.1, 0.15) is 23.6 Å². The van der Waals surface area contributed by atoms with E-state index in [0.717, 1.165) is 4.88 Å². The van der Waals surface area contributed by atoms with Crippen molar-refractivity contribution >= 4 is 22.9 Å². The van der Waals surface area contributed by atoms with Crippen LogP contribution < -0.4 is 4.74 Å². The van der Waals surface area contributed by atoms with Crippen molar-refractivity contribution in [2.45, 2.75) is 19.6 Å². The Labute approximate surface area is 108 Å². The predicted molar refractivity (Wildman–Crippen MR) is 67.8 cm³/mol. The summed E-state index contributed by atoms with van der Waals surface area (Å²) in [4.78, 5) is 0.740. The molecule has 2 aromatic rings. The molecule has 0 saturated carbocycles. The van der Waals surface area contributed by atoms with Crippen molar-refractivity contribution in [2.24, 2.45) is 0 Å². The maximum Gasteiger partial charge on any atom is 0.135 e. The third-order valence-electron chi connectivity index (χ3n) is 2.52. The van der Waals surface area contributed by atoms with Crippen molar-refractivity contribution in [3.8, 4) is 5.75 Å². The molecule has 0 aliphatic rings. The van der Waals surface area contributed by atoms with E-state index in [1.165, 1.54) is 11.3 Å². The molecular formula is C11H13ClN2O2S. The van der Waals surface area contributed by atoms with Gasteiger partial charge in [-0.15, -0.1) is 11.3 Å². The van der Waals surface area contributed by atoms with Gasteiger partial charge in [0.2, 0.25) is 0 Å². The van der Waals surface area contributed by atoms with Crippen molar-refractivity contribution < 1.29 is 9.84 Å². The number of aliphatic hydroxyl groups excluding tert-OH is 1. The Kier molecular flexibility index (Phi) is 3.71. The first kappa shape index (κ1) is 12.4. The summed E-state index contributed by atoms with van der Waals surface area (Å²) in [5, 5.41) is 16.8. The molecule has 1 atom stereocenters. The smallest absolute Gasteiger partial charge is 0.135 e. The molecule has 0 fully saturated rings. The summed E-state index contributed by atoms with van der Waals surface area (Å²) in [5.41, 5.74) is 0.606. The zero-order valence-corrected chi connectivity index (χ0v) is 11.1. The molecule has 4 nitrogen and oxygen atoms in total. The van der Waals surface area contributed by atoms with Crippen LogP contribution in [0, 0.1) is 0 Å². The van der Waals surface area contributed by atoms with Crippen LogP contribution in [0.5, 0.6) is 5.75 Å². The largest absolute Gasteiger partial charge is 0.495 e. The first-order valence-corrected chi connectivity index (χ1v) is 6.45. The van der Waals surface area contributed by atoms with Crippen LogP contribution in [0.2, 0.25) is 5.02 Å². The quantitative estimate of drug-likeness (QED) is 0.931. The van der Waals surface area contributed by atoms with Crippen LogP contribution in [-0.4, -0.2) is 22.0 Å². The second kappa shape index (κ2) is 5.08. The maximum atomic E-state index is 10.4. The van der Waals surface area contributed by atoms with Crippen molar-refractivity contribution in [2.75, 3.05) is 7.11 Å².